The van der Waals surface area contributed by atoms with Crippen molar-refractivity contribution in [3.8, 4) is 17.0 Å². The van der Waals surface area contributed by atoms with E-state index in [-0.39, 0.29) is 5.82 Å². The van der Waals surface area contributed by atoms with E-state index < -0.39 is 0 Å². The Morgan fingerprint density at radius 2 is 2.07 bits per heavy atom. The molecule has 0 atom stereocenters. The van der Waals surface area contributed by atoms with Crippen molar-refractivity contribution >= 4 is 11.3 Å². The zero-order chi connectivity index (χ0) is 19.3. The van der Waals surface area contributed by atoms with Crippen molar-refractivity contribution in [1.29, 1.82) is 0 Å². The van der Waals surface area contributed by atoms with Gasteiger partial charge in [-0.1, -0.05) is 6.58 Å². The number of fused-ring (bicyclic) bond motifs is 1. The van der Waals surface area contributed by atoms with Crippen molar-refractivity contribution in [1.82, 2.24) is 19.5 Å². The molecule has 0 spiro atoms. The van der Waals surface area contributed by atoms with E-state index in [0.29, 0.717) is 29.3 Å². The van der Waals surface area contributed by atoms with Crippen LogP contribution in [0.4, 0.5) is 10.1 Å². The molecule has 1 aromatic carbocycles. The fourth-order valence-electron chi connectivity index (χ4n) is 3.53. The number of halogens is 1. The van der Waals surface area contributed by atoms with Crippen molar-refractivity contribution < 1.29 is 9.13 Å². The highest BCUT2D eigenvalue weighted by Gasteiger charge is 2.14. The molecular formula is C21H24FN5O. The quantitative estimate of drug-likeness (QED) is 0.599. The molecular weight excluding hydrogens is 357 g/mol. The van der Waals surface area contributed by atoms with Gasteiger partial charge in [-0.05, 0) is 56.8 Å². The van der Waals surface area contributed by atoms with Crippen LogP contribution in [0.25, 0.3) is 16.8 Å². The van der Waals surface area contributed by atoms with Crippen LogP contribution < -0.4 is 10.1 Å². The summed E-state index contributed by atoms with van der Waals surface area (Å²) in [6.07, 6.45) is 8.51. The van der Waals surface area contributed by atoms with E-state index in [2.05, 4.69) is 26.9 Å². The number of likely N-dealkylation sites (tertiary alicyclic amines) is 1. The number of nitrogens with one attached hydrogen (secondary N) is 1. The predicted octanol–water partition coefficient (Wildman–Crippen LogP) is 3.96. The topological polar surface area (TPSA) is 54.7 Å². The molecule has 1 aliphatic rings. The highest BCUT2D eigenvalue weighted by atomic mass is 19.1. The Morgan fingerprint density at radius 1 is 1.21 bits per heavy atom. The summed E-state index contributed by atoms with van der Waals surface area (Å²) < 4.78 is 21.9. The maximum atomic E-state index is 14.4. The average molecular weight is 381 g/mol. The number of benzene rings is 1. The van der Waals surface area contributed by atoms with Crippen LogP contribution in [0, 0.1) is 5.82 Å². The fraction of sp³-hybridized carbons (Fsp3) is 0.333. The zero-order valence-electron chi connectivity index (χ0n) is 15.8. The van der Waals surface area contributed by atoms with Gasteiger partial charge in [0.2, 0.25) is 5.88 Å². The van der Waals surface area contributed by atoms with Gasteiger partial charge in [0.05, 0.1) is 12.8 Å². The molecule has 0 amide bonds. The van der Waals surface area contributed by atoms with E-state index in [1.165, 1.54) is 32.0 Å². The van der Waals surface area contributed by atoms with Crippen molar-refractivity contribution in [2.24, 2.45) is 0 Å². The molecule has 1 saturated heterocycles. The van der Waals surface area contributed by atoms with E-state index in [1.54, 1.807) is 41.3 Å². The van der Waals surface area contributed by atoms with Crippen LogP contribution in [0.1, 0.15) is 19.3 Å². The van der Waals surface area contributed by atoms with Crippen LogP contribution >= 0.6 is 0 Å². The SMILES string of the molecule is C=CNc1ccc(F)c(-c2cnn3ccc(OCCCN4CCCC4)nc23)c1. The van der Waals surface area contributed by atoms with Crippen molar-refractivity contribution in [3.05, 3.63) is 55.3 Å². The van der Waals surface area contributed by atoms with Gasteiger partial charge in [-0.3, -0.25) is 0 Å². The Bertz CT molecular complexity index is 965. The molecule has 0 bridgehead atoms. The highest BCUT2D eigenvalue weighted by molar-refractivity contribution is 5.79. The fourth-order valence-corrected chi connectivity index (χ4v) is 3.53. The summed E-state index contributed by atoms with van der Waals surface area (Å²) in [6.45, 7) is 7.68. The second kappa shape index (κ2) is 8.39. The molecule has 3 aromatic rings. The van der Waals surface area contributed by atoms with Crippen molar-refractivity contribution in [3.63, 3.8) is 0 Å². The summed E-state index contributed by atoms with van der Waals surface area (Å²) >= 11 is 0. The molecule has 3 heterocycles. The second-order valence-electron chi connectivity index (χ2n) is 6.89. The number of ether oxygens (including phenoxy) is 1. The molecule has 2 aromatic heterocycles. The first-order chi connectivity index (χ1) is 13.7. The first kappa shape index (κ1) is 18.4. The third-order valence-electron chi connectivity index (χ3n) is 4.94. The Kier molecular flexibility index (Phi) is 5.53. The van der Waals surface area contributed by atoms with Crippen LogP contribution in [0.5, 0.6) is 5.88 Å². The molecule has 1 N–H and O–H groups in total. The summed E-state index contributed by atoms with van der Waals surface area (Å²) in [7, 11) is 0. The van der Waals surface area contributed by atoms with Crippen LogP contribution in [0.15, 0.2) is 49.4 Å². The minimum absolute atomic E-state index is 0.330. The largest absolute Gasteiger partial charge is 0.478 e. The standard InChI is InChI=1S/C21H24FN5O/c1-2-23-16-6-7-19(22)17(14-16)18-15-24-27-12-8-20(25-21(18)27)28-13-5-11-26-9-3-4-10-26/h2,6-8,12,14-15,23H,1,3-5,9-11,13H2. The monoisotopic (exact) mass is 381 g/mol. The van der Waals surface area contributed by atoms with E-state index in [1.807, 2.05) is 0 Å². The lowest BCUT2D eigenvalue weighted by atomic mass is 10.1. The number of aromatic nitrogens is 3. The molecule has 1 fully saturated rings. The number of rotatable bonds is 8. The summed E-state index contributed by atoms with van der Waals surface area (Å²) in [5, 5.41) is 7.26. The molecule has 1 aliphatic heterocycles. The van der Waals surface area contributed by atoms with Gasteiger partial charge in [0.1, 0.15) is 5.82 Å². The smallest absolute Gasteiger partial charge is 0.216 e. The van der Waals surface area contributed by atoms with E-state index >= 15 is 0 Å². The maximum Gasteiger partial charge on any atom is 0.216 e. The van der Waals surface area contributed by atoms with Gasteiger partial charge in [0, 0.05) is 35.6 Å². The molecule has 0 saturated carbocycles. The van der Waals surface area contributed by atoms with E-state index in [0.717, 1.165) is 18.7 Å². The molecule has 6 nitrogen and oxygen atoms in total. The van der Waals surface area contributed by atoms with Gasteiger partial charge in [0.15, 0.2) is 5.65 Å². The number of hydrogen-bond donors (Lipinski definition) is 1. The lowest BCUT2D eigenvalue weighted by molar-refractivity contribution is 0.257. The van der Waals surface area contributed by atoms with Gasteiger partial charge >= 0.3 is 0 Å². The Morgan fingerprint density at radius 3 is 2.89 bits per heavy atom. The van der Waals surface area contributed by atoms with Gasteiger partial charge in [-0.25, -0.2) is 8.91 Å². The predicted molar refractivity (Wildman–Crippen MR) is 108 cm³/mol. The van der Waals surface area contributed by atoms with E-state index in [4.69, 9.17) is 4.74 Å². The summed E-state index contributed by atoms with van der Waals surface area (Å²) in [6, 6.07) is 6.59. The Balaban J connectivity index is 1.51. The van der Waals surface area contributed by atoms with Gasteiger partial charge in [-0.15, -0.1) is 0 Å². The van der Waals surface area contributed by atoms with Crippen molar-refractivity contribution in [2.75, 3.05) is 31.6 Å². The number of nitrogens with zero attached hydrogens (tertiary/aromatic N) is 4. The molecule has 146 valence electrons. The van der Waals surface area contributed by atoms with Gasteiger partial charge < -0.3 is 15.0 Å². The summed E-state index contributed by atoms with van der Waals surface area (Å²) in [4.78, 5) is 7.02. The minimum atomic E-state index is -0.330. The Labute approximate surface area is 163 Å². The lowest BCUT2D eigenvalue weighted by Crippen LogP contribution is -2.22. The average Bonchev–Trinajstić information content (AvgIpc) is 3.36. The lowest BCUT2D eigenvalue weighted by Gasteiger charge is -2.14. The van der Waals surface area contributed by atoms with Gasteiger partial charge in [0.25, 0.3) is 0 Å². The summed E-state index contributed by atoms with van der Waals surface area (Å²) in [5.74, 6) is 0.194. The second-order valence-corrected chi connectivity index (χ2v) is 6.89. The minimum Gasteiger partial charge on any atom is -0.478 e. The first-order valence-corrected chi connectivity index (χ1v) is 9.61. The maximum absolute atomic E-state index is 14.4. The molecule has 0 aliphatic carbocycles. The molecule has 0 radical (unpaired) electrons. The third-order valence-corrected chi connectivity index (χ3v) is 4.94. The first-order valence-electron chi connectivity index (χ1n) is 9.61. The number of anilines is 1. The highest BCUT2D eigenvalue weighted by Crippen LogP contribution is 2.29. The number of hydrogen-bond acceptors (Lipinski definition) is 5. The van der Waals surface area contributed by atoms with Crippen LogP contribution in [0.2, 0.25) is 0 Å². The van der Waals surface area contributed by atoms with E-state index in [9.17, 15) is 4.39 Å². The van der Waals surface area contributed by atoms with Crippen LogP contribution in [-0.2, 0) is 0 Å². The zero-order valence-corrected chi connectivity index (χ0v) is 15.8. The molecule has 0 unspecified atom stereocenters. The normalized spacial score (nSPS) is 14.5. The van der Waals surface area contributed by atoms with Crippen molar-refractivity contribution in [2.45, 2.75) is 19.3 Å². The van der Waals surface area contributed by atoms with Crippen LogP contribution in [-0.4, -0.2) is 45.7 Å². The third kappa shape index (κ3) is 3.99. The van der Waals surface area contributed by atoms with Gasteiger partial charge in [-0.2, -0.15) is 10.1 Å². The Hall–Kier alpha value is -2.93. The summed E-state index contributed by atoms with van der Waals surface area (Å²) in [5.41, 5.74) is 2.36. The molecule has 7 heteroatoms. The molecule has 4 rings (SSSR count). The molecule has 28 heavy (non-hydrogen) atoms. The van der Waals surface area contributed by atoms with Crippen LogP contribution in [0.3, 0.4) is 0 Å².